The van der Waals surface area contributed by atoms with E-state index in [9.17, 15) is 0 Å². The summed E-state index contributed by atoms with van der Waals surface area (Å²) in [5.74, 6) is 1.61. The van der Waals surface area contributed by atoms with Crippen molar-refractivity contribution in [1.29, 1.82) is 0 Å². The van der Waals surface area contributed by atoms with E-state index in [0.717, 1.165) is 31.5 Å². The lowest BCUT2D eigenvalue weighted by molar-refractivity contribution is 0.0278. The first kappa shape index (κ1) is 14.9. The van der Waals surface area contributed by atoms with Crippen LogP contribution in [0.5, 0.6) is 0 Å². The summed E-state index contributed by atoms with van der Waals surface area (Å²) < 4.78 is 5.18. The smallest absolute Gasteiger partial charge is 0.0589 e. The Morgan fingerprint density at radius 2 is 2.18 bits per heavy atom. The van der Waals surface area contributed by atoms with Gasteiger partial charge in [-0.05, 0) is 31.7 Å². The zero-order valence-electron chi connectivity index (χ0n) is 12.0. The Balaban J connectivity index is 2.65. The molecule has 1 aliphatic rings. The molecule has 1 rings (SSSR count). The fourth-order valence-electron chi connectivity index (χ4n) is 3.11. The second kappa shape index (κ2) is 6.72. The predicted octanol–water partition coefficient (Wildman–Crippen LogP) is 2.11. The van der Waals surface area contributed by atoms with Gasteiger partial charge in [0.2, 0.25) is 0 Å². The largest absolute Gasteiger partial charge is 0.383 e. The number of methoxy groups -OCH3 is 1. The van der Waals surface area contributed by atoms with Crippen molar-refractivity contribution in [2.24, 2.45) is 17.6 Å². The summed E-state index contributed by atoms with van der Waals surface area (Å²) in [7, 11) is 3.97. The molecule has 2 atom stereocenters. The van der Waals surface area contributed by atoms with Crippen molar-refractivity contribution in [3.8, 4) is 0 Å². The standard InChI is InChI=1S/C14H30N2O/c1-12(2)13-6-5-7-14(10-13,11-15)16(3)8-9-17-4/h12-13H,5-11,15H2,1-4H3. The highest BCUT2D eigenvalue weighted by molar-refractivity contribution is 4.96. The highest BCUT2D eigenvalue weighted by Gasteiger charge is 2.39. The first-order valence-electron chi connectivity index (χ1n) is 6.96. The van der Waals surface area contributed by atoms with Gasteiger partial charge in [-0.1, -0.05) is 26.7 Å². The van der Waals surface area contributed by atoms with E-state index < -0.39 is 0 Å². The lowest BCUT2D eigenvalue weighted by atomic mass is 9.71. The Morgan fingerprint density at radius 3 is 2.71 bits per heavy atom. The monoisotopic (exact) mass is 242 g/mol. The number of ether oxygens (including phenoxy) is 1. The second-order valence-electron chi connectivity index (χ2n) is 5.94. The van der Waals surface area contributed by atoms with Crippen LogP contribution in [-0.2, 0) is 4.74 Å². The molecule has 3 nitrogen and oxygen atoms in total. The van der Waals surface area contributed by atoms with Gasteiger partial charge in [-0.3, -0.25) is 4.90 Å². The SMILES string of the molecule is COCCN(C)C1(CN)CCCC(C(C)C)C1. The first-order valence-corrected chi connectivity index (χ1v) is 6.96. The van der Waals surface area contributed by atoms with Crippen molar-refractivity contribution < 1.29 is 4.74 Å². The number of hydrogen-bond acceptors (Lipinski definition) is 3. The molecule has 0 heterocycles. The molecule has 102 valence electrons. The zero-order valence-corrected chi connectivity index (χ0v) is 12.0. The molecular weight excluding hydrogens is 212 g/mol. The van der Waals surface area contributed by atoms with E-state index in [1.165, 1.54) is 25.7 Å². The van der Waals surface area contributed by atoms with Gasteiger partial charge in [-0.2, -0.15) is 0 Å². The van der Waals surface area contributed by atoms with Crippen LogP contribution in [0.1, 0.15) is 39.5 Å². The number of likely N-dealkylation sites (N-methyl/N-ethyl adjacent to an activating group) is 1. The van der Waals surface area contributed by atoms with Crippen LogP contribution >= 0.6 is 0 Å². The summed E-state index contributed by atoms with van der Waals surface area (Å²) in [6.45, 7) is 7.23. The highest BCUT2D eigenvalue weighted by Crippen LogP contribution is 2.38. The number of hydrogen-bond donors (Lipinski definition) is 1. The van der Waals surface area contributed by atoms with E-state index in [0.29, 0.717) is 0 Å². The van der Waals surface area contributed by atoms with Crippen LogP contribution < -0.4 is 5.73 Å². The molecule has 0 aromatic heterocycles. The molecule has 1 saturated carbocycles. The number of nitrogens with two attached hydrogens (primary N) is 1. The van der Waals surface area contributed by atoms with Crippen LogP contribution in [0, 0.1) is 11.8 Å². The summed E-state index contributed by atoms with van der Waals surface area (Å²) in [6, 6.07) is 0. The molecule has 3 heteroatoms. The molecule has 0 aromatic rings. The van der Waals surface area contributed by atoms with Gasteiger partial charge >= 0.3 is 0 Å². The van der Waals surface area contributed by atoms with E-state index in [-0.39, 0.29) is 5.54 Å². The Morgan fingerprint density at radius 1 is 1.47 bits per heavy atom. The van der Waals surface area contributed by atoms with E-state index in [1.54, 1.807) is 7.11 Å². The fourth-order valence-corrected chi connectivity index (χ4v) is 3.11. The van der Waals surface area contributed by atoms with Crippen molar-refractivity contribution in [2.45, 2.75) is 45.1 Å². The molecule has 2 N–H and O–H groups in total. The van der Waals surface area contributed by atoms with Crippen LogP contribution in [0.3, 0.4) is 0 Å². The molecule has 17 heavy (non-hydrogen) atoms. The normalized spacial score (nSPS) is 30.2. The summed E-state index contributed by atoms with van der Waals surface area (Å²) in [6.07, 6.45) is 5.18. The fraction of sp³-hybridized carbons (Fsp3) is 1.00. The summed E-state index contributed by atoms with van der Waals surface area (Å²) in [5, 5.41) is 0. The Kier molecular flexibility index (Phi) is 5.90. The molecule has 0 saturated heterocycles. The number of rotatable bonds is 6. The quantitative estimate of drug-likeness (QED) is 0.775. The molecule has 2 unspecified atom stereocenters. The minimum Gasteiger partial charge on any atom is -0.383 e. The average molecular weight is 242 g/mol. The van der Waals surface area contributed by atoms with Crippen LogP contribution in [0.15, 0.2) is 0 Å². The van der Waals surface area contributed by atoms with E-state index in [1.807, 2.05) is 0 Å². The Bertz CT molecular complexity index is 220. The minimum absolute atomic E-state index is 0.214. The van der Waals surface area contributed by atoms with Crippen molar-refractivity contribution in [2.75, 3.05) is 33.9 Å². The molecular formula is C14H30N2O. The van der Waals surface area contributed by atoms with Crippen molar-refractivity contribution in [3.63, 3.8) is 0 Å². The third kappa shape index (κ3) is 3.67. The third-order valence-electron chi connectivity index (χ3n) is 4.62. The van der Waals surface area contributed by atoms with Gasteiger partial charge in [0, 0.05) is 25.7 Å². The summed E-state index contributed by atoms with van der Waals surface area (Å²) >= 11 is 0. The van der Waals surface area contributed by atoms with Crippen LogP contribution in [0.2, 0.25) is 0 Å². The van der Waals surface area contributed by atoms with Gasteiger partial charge in [0.15, 0.2) is 0 Å². The van der Waals surface area contributed by atoms with Crippen molar-refractivity contribution in [3.05, 3.63) is 0 Å². The van der Waals surface area contributed by atoms with Gasteiger partial charge in [0.05, 0.1) is 6.61 Å². The number of nitrogens with zero attached hydrogens (tertiary/aromatic N) is 1. The van der Waals surface area contributed by atoms with Gasteiger partial charge in [0.1, 0.15) is 0 Å². The maximum atomic E-state index is 6.09. The predicted molar refractivity (Wildman–Crippen MR) is 73.1 cm³/mol. The first-order chi connectivity index (χ1) is 8.05. The second-order valence-corrected chi connectivity index (χ2v) is 5.94. The van der Waals surface area contributed by atoms with E-state index >= 15 is 0 Å². The highest BCUT2D eigenvalue weighted by atomic mass is 16.5. The minimum atomic E-state index is 0.214. The zero-order chi connectivity index (χ0) is 12.9. The molecule has 0 aromatic carbocycles. The molecule has 0 amide bonds. The summed E-state index contributed by atoms with van der Waals surface area (Å²) in [4.78, 5) is 2.44. The van der Waals surface area contributed by atoms with Crippen LogP contribution in [-0.4, -0.2) is 44.3 Å². The van der Waals surface area contributed by atoms with Gasteiger partial charge in [-0.15, -0.1) is 0 Å². The molecule has 0 spiro atoms. The molecule has 1 fully saturated rings. The topological polar surface area (TPSA) is 38.5 Å². The lowest BCUT2D eigenvalue weighted by Crippen LogP contribution is -2.56. The molecule has 0 radical (unpaired) electrons. The van der Waals surface area contributed by atoms with Gasteiger partial charge < -0.3 is 10.5 Å². The van der Waals surface area contributed by atoms with Crippen molar-refractivity contribution in [1.82, 2.24) is 4.90 Å². The van der Waals surface area contributed by atoms with Crippen LogP contribution in [0.4, 0.5) is 0 Å². The molecule has 0 bridgehead atoms. The maximum Gasteiger partial charge on any atom is 0.0589 e. The maximum absolute atomic E-state index is 6.09. The lowest BCUT2D eigenvalue weighted by Gasteiger charge is -2.47. The molecule has 0 aliphatic heterocycles. The Hall–Kier alpha value is -0.120. The van der Waals surface area contributed by atoms with Crippen molar-refractivity contribution >= 4 is 0 Å². The Labute approximate surface area is 107 Å². The third-order valence-corrected chi connectivity index (χ3v) is 4.62. The van der Waals surface area contributed by atoms with Crippen LogP contribution in [0.25, 0.3) is 0 Å². The molecule has 1 aliphatic carbocycles. The summed E-state index contributed by atoms with van der Waals surface area (Å²) in [5.41, 5.74) is 6.30. The van der Waals surface area contributed by atoms with Gasteiger partial charge in [0.25, 0.3) is 0 Å². The van der Waals surface area contributed by atoms with E-state index in [4.69, 9.17) is 10.5 Å². The average Bonchev–Trinajstić information content (AvgIpc) is 2.35. The van der Waals surface area contributed by atoms with E-state index in [2.05, 4.69) is 25.8 Å². The van der Waals surface area contributed by atoms with Gasteiger partial charge in [-0.25, -0.2) is 0 Å².